The third-order valence-corrected chi connectivity index (χ3v) is 5.24. The number of hydrogen-bond acceptors (Lipinski definition) is 2. The first-order chi connectivity index (χ1) is 9.62. The molecule has 0 N–H and O–H groups in total. The maximum atomic E-state index is 6.81. The Balaban J connectivity index is 2.47. The lowest BCUT2D eigenvalue weighted by molar-refractivity contribution is -0.324. The van der Waals surface area contributed by atoms with Gasteiger partial charge in [0, 0.05) is 0 Å². The summed E-state index contributed by atoms with van der Waals surface area (Å²) in [5.41, 5.74) is 1.04. The summed E-state index contributed by atoms with van der Waals surface area (Å²) in [5.74, 6) is 0. The smallest absolute Gasteiger partial charge is 0.184 e. The van der Waals surface area contributed by atoms with E-state index in [1.165, 1.54) is 5.56 Å². The van der Waals surface area contributed by atoms with Crippen molar-refractivity contribution in [3.8, 4) is 0 Å². The highest BCUT2D eigenvalue weighted by Crippen LogP contribution is 2.58. The Bertz CT molecular complexity index is 472. The van der Waals surface area contributed by atoms with Gasteiger partial charge in [-0.15, -0.1) is 0 Å². The van der Waals surface area contributed by atoms with E-state index in [-0.39, 0.29) is 23.2 Å². The second kappa shape index (κ2) is 5.53. The van der Waals surface area contributed by atoms with E-state index in [1.807, 2.05) is 0 Å². The van der Waals surface area contributed by atoms with Crippen LogP contribution in [0.2, 0.25) is 19.6 Å². The van der Waals surface area contributed by atoms with E-state index >= 15 is 0 Å². The molecule has 0 aromatic heterocycles. The van der Waals surface area contributed by atoms with Crippen molar-refractivity contribution in [1.82, 2.24) is 0 Å². The van der Waals surface area contributed by atoms with Crippen LogP contribution in [-0.4, -0.2) is 20.0 Å². The van der Waals surface area contributed by atoms with Crippen LogP contribution in [-0.2, 0) is 9.16 Å². The van der Waals surface area contributed by atoms with E-state index in [0.717, 1.165) is 6.42 Å². The van der Waals surface area contributed by atoms with Crippen LogP contribution in [0.5, 0.6) is 0 Å². The summed E-state index contributed by atoms with van der Waals surface area (Å²) in [7, 11) is -1.68. The first kappa shape index (κ1) is 16.7. The molecule has 1 fully saturated rings. The Morgan fingerprint density at radius 2 is 1.71 bits per heavy atom. The molecule has 1 saturated heterocycles. The molecule has 0 saturated carbocycles. The lowest BCUT2D eigenvalue weighted by Gasteiger charge is -2.63. The molecule has 2 nitrogen and oxygen atoms in total. The zero-order valence-corrected chi connectivity index (χ0v) is 15.6. The highest BCUT2D eigenvalue weighted by atomic mass is 28.4. The summed E-state index contributed by atoms with van der Waals surface area (Å²) in [6.45, 7) is 15.9. The third-order valence-electron chi connectivity index (χ3n) is 4.29. The lowest BCUT2D eigenvalue weighted by Crippen LogP contribution is -2.70. The second-order valence-corrected chi connectivity index (χ2v) is 12.5. The van der Waals surface area contributed by atoms with Gasteiger partial charge in [0.2, 0.25) is 0 Å². The number of rotatable bonds is 4. The molecule has 1 aliphatic rings. The van der Waals surface area contributed by atoms with Gasteiger partial charge in [-0.1, -0.05) is 58.0 Å². The van der Waals surface area contributed by atoms with Gasteiger partial charge in [0.25, 0.3) is 0 Å². The van der Waals surface area contributed by atoms with Gasteiger partial charge < -0.3 is 9.16 Å². The zero-order chi connectivity index (χ0) is 15.9. The molecule has 118 valence electrons. The quantitative estimate of drug-likeness (QED) is 0.714. The van der Waals surface area contributed by atoms with Crippen molar-refractivity contribution in [3.05, 3.63) is 35.9 Å². The molecule has 1 heterocycles. The molecule has 0 aliphatic carbocycles. The summed E-state index contributed by atoms with van der Waals surface area (Å²) < 4.78 is 13.1. The topological polar surface area (TPSA) is 18.5 Å². The van der Waals surface area contributed by atoms with Crippen molar-refractivity contribution in [2.75, 3.05) is 0 Å². The molecule has 1 aromatic rings. The summed E-state index contributed by atoms with van der Waals surface area (Å²) in [4.78, 5) is 0. The Morgan fingerprint density at radius 1 is 1.14 bits per heavy atom. The van der Waals surface area contributed by atoms with Gasteiger partial charge in [-0.05, 0) is 37.0 Å². The minimum absolute atomic E-state index is 0.0344. The maximum Gasteiger partial charge on any atom is 0.184 e. The Morgan fingerprint density at radius 3 is 2.14 bits per heavy atom. The van der Waals surface area contributed by atoms with Crippen molar-refractivity contribution >= 4 is 8.32 Å². The van der Waals surface area contributed by atoms with Crippen molar-refractivity contribution in [2.24, 2.45) is 5.41 Å². The number of hydrogen-bond donors (Lipinski definition) is 0. The summed E-state index contributed by atoms with van der Waals surface area (Å²) in [6.07, 6.45) is 1.20. The van der Waals surface area contributed by atoms with Gasteiger partial charge >= 0.3 is 0 Å². The molecule has 3 atom stereocenters. The average molecular weight is 307 g/mol. The Hall–Kier alpha value is -0.643. The fraction of sp³-hybridized carbons (Fsp3) is 0.667. The predicted octanol–water partition coefficient (Wildman–Crippen LogP) is 5.17. The third kappa shape index (κ3) is 2.96. The zero-order valence-electron chi connectivity index (χ0n) is 14.6. The minimum Gasteiger partial charge on any atom is -0.406 e. The van der Waals surface area contributed by atoms with Gasteiger partial charge in [0.1, 0.15) is 11.7 Å². The van der Waals surface area contributed by atoms with Crippen LogP contribution in [0.1, 0.15) is 45.8 Å². The Labute approximate surface area is 131 Å². The highest BCUT2D eigenvalue weighted by Gasteiger charge is 2.64. The van der Waals surface area contributed by atoms with E-state index < -0.39 is 8.32 Å². The first-order valence-electron chi connectivity index (χ1n) is 8.02. The van der Waals surface area contributed by atoms with Gasteiger partial charge in [0.15, 0.2) is 8.32 Å². The summed E-state index contributed by atoms with van der Waals surface area (Å²) >= 11 is 0. The van der Waals surface area contributed by atoms with Crippen LogP contribution in [0.4, 0.5) is 0 Å². The molecule has 0 bridgehead atoms. The van der Waals surface area contributed by atoms with Gasteiger partial charge in [-0.2, -0.15) is 0 Å². The molecule has 0 radical (unpaired) electrons. The molecule has 0 spiro atoms. The van der Waals surface area contributed by atoms with E-state index in [0.29, 0.717) is 0 Å². The molecule has 21 heavy (non-hydrogen) atoms. The minimum atomic E-state index is -1.68. The lowest BCUT2D eigenvalue weighted by atomic mass is 9.64. The van der Waals surface area contributed by atoms with E-state index in [2.05, 4.69) is 77.7 Å². The van der Waals surface area contributed by atoms with Crippen LogP contribution in [0.3, 0.4) is 0 Å². The van der Waals surface area contributed by atoms with Crippen LogP contribution >= 0.6 is 0 Å². The second-order valence-electron chi connectivity index (χ2n) is 8.08. The largest absolute Gasteiger partial charge is 0.406 e. The van der Waals surface area contributed by atoms with E-state index in [4.69, 9.17) is 9.16 Å². The van der Waals surface area contributed by atoms with Crippen molar-refractivity contribution < 1.29 is 9.16 Å². The van der Waals surface area contributed by atoms with Gasteiger partial charge in [-0.25, -0.2) is 0 Å². The van der Waals surface area contributed by atoms with Crippen LogP contribution in [0.25, 0.3) is 0 Å². The van der Waals surface area contributed by atoms with Crippen LogP contribution in [0.15, 0.2) is 30.3 Å². The van der Waals surface area contributed by atoms with E-state index in [1.54, 1.807) is 0 Å². The monoisotopic (exact) mass is 306 g/mol. The summed E-state index contributed by atoms with van der Waals surface area (Å²) in [6, 6.07) is 10.5. The molecule has 2 rings (SSSR count). The van der Waals surface area contributed by atoms with Gasteiger partial charge in [-0.3, -0.25) is 0 Å². The molecule has 0 amide bonds. The van der Waals surface area contributed by atoms with Crippen molar-refractivity contribution in [2.45, 2.75) is 71.6 Å². The summed E-state index contributed by atoms with van der Waals surface area (Å²) in [5, 5.41) is 0. The average Bonchev–Trinajstić information content (AvgIpc) is 2.34. The Kier molecular flexibility index (Phi) is 4.40. The molecular weight excluding hydrogens is 276 g/mol. The normalized spacial score (nSPS) is 30.0. The molecule has 0 unspecified atom stereocenters. The molecule has 1 aliphatic heterocycles. The van der Waals surface area contributed by atoms with Crippen LogP contribution in [0, 0.1) is 5.41 Å². The standard InChI is InChI=1S/C18H30O2Si/c1-8-15-18(17(2,3)4,20-21(5,6)7)16(19-15)14-12-10-9-11-13-14/h9-13,15-16H,8H2,1-7H3/t15-,16+,18+/m0/s1. The first-order valence-corrected chi connectivity index (χ1v) is 11.4. The number of ether oxygens (including phenoxy) is 1. The number of benzene rings is 1. The fourth-order valence-electron chi connectivity index (χ4n) is 3.47. The van der Waals surface area contributed by atoms with Crippen LogP contribution < -0.4 is 0 Å². The molecule has 3 heteroatoms. The van der Waals surface area contributed by atoms with Crippen molar-refractivity contribution in [1.29, 1.82) is 0 Å². The van der Waals surface area contributed by atoms with Gasteiger partial charge in [0.05, 0.1) is 6.10 Å². The highest BCUT2D eigenvalue weighted by molar-refractivity contribution is 6.69. The van der Waals surface area contributed by atoms with E-state index in [9.17, 15) is 0 Å². The van der Waals surface area contributed by atoms with Crippen molar-refractivity contribution in [3.63, 3.8) is 0 Å². The molecular formula is C18H30O2Si. The predicted molar refractivity (Wildman–Crippen MR) is 91.0 cm³/mol. The molecule has 1 aromatic carbocycles. The SMILES string of the molecule is CC[C@@H]1O[C@H](c2ccccc2)[C@@]1(O[Si](C)(C)C)C(C)(C)C. The maximum absolute atomic E-state index is 6.81. The fourth-order valence-corrected chi connectivity index (χ4v) is 5.03.